The first-order valence-corrected chi connectivity index (χ1v) is 10.3. The van der Waals surface area contributed by atoms with Gasteiger partial charge in [0.05, 0.1) is 11.2 Å². The number of hydrogen-bond acceptors (Lipinski definition) is 5. The third kappa shape index (κ3) is 3.82. The minimum Gasteiger partial charge on any atom is -0.317 e. The van der Waals surface area contributed by atoms with Crippen LogP contribution < -0.4 is 11.1 Å². The van der Waals surface area contributed by atoms with E-state index in [4.69, 9.17) is 5.73 Å². The van der Waals surface area contributed by atoms with Crippen molar-refractivity contribution in [1.29, 1.82) is 0 Å². The van der Waals surface area contributed by atoms with Gasteiger partial charge in [-0.25, -0.2) is 4.98 Å². The molecule has 26 heavy (non-hydrogen) atoms. The summed E-state index contributed by atoms with van der Waals surface area (Å²) in [5.74, 6) is -0.0653. The number of hydrogen-bond donors (Lipinski definition) is 2. The van der Waals surface area contributed by atoms with Crippen LogP contribution in [-0.4, -0.2) is 27.9 Å². The Morgan fingerprint density at radius 3 is 2.77 bits per heavy atom. The summed E-state index contributed by atoms with van der Waals surface area (Å²) >= 11 is 1.60. The zero-order chi connectivity index (χ0) is 18.0. The molecule has 1 saturated carbocycles. The van der Waals surface area contributed by atoms with Crippen LogP contribution in [0.4, 0.5) is 5.13 Å². The van der Waals surface area contributed by atoms with E-state index in [0.717, 1.165) is 57.4 Å². The first kappa shape index (κ1) is 17.6. The number of aromatic nitrogens is 1. The van der Waals surface area contributed by atoms with Gasteiger partial charge in [-0.2, -0.15) is 0 Å². The molecule has 138 valence electrons. The van der Waals surface area contributed by atoms with E-state index >= 15 is 0 Å². The second-order valence-corrected chi connectivity index (χ2v) is 8.59. The molecule has 1 aliphatic heterocycles. The Kier molecular flexibility index (Phi) is 5.07. The van der Waals surface area contributed by atoms with Gasteiger partial charge >= 0.3 is 0 Å². The summed E-state index contributed by atoms with van der Waals surface area (Å²) in [6, 6.07) is 10.5. The quantitative estimate of drug-likeness (QED) is 0.866. The molecular weight excluding hydrogens is 344 g/mol. The van der Waals surface area contributed by atoms with Crippen molar-refractivity contribution in [2.45, 2.75) is 57.2 Å². The summed E-state index contributed by atoms with van der Waals surface area (Å²) in [4.78, 5) is 21.0. The topological polar surface area (TPSA) is 71.2 Å². The number of amides is 1. The zero-order valence-electron chi connectivity index (χ0n) is 15.0. The molecule has 1 aromatic carbocycles. The molecule has 2 heterocycles. The van der Waals surface area contributed by atoms with Gasteiger partial charge < -0.3 is 11.1 Å². The van der Waals surface area contributed by atoms with Crippen LogP contribution in [0.2, 0.25) is 0 Å². The fourth-order valence-electron chi connectivity index (χ4n) is 3.91. The fraction of sp³-hybridized carbons (Fsp3) is 0.500. The summed E-state index contributed by atoms with van der Waals surface area (Å²) in [6.07, 6.45) is 5.72. The molecule has 0 saturated heterocycles. The Bertz CT molecular complexity index is 767. The Balaban J connectivity index is 1.40. The summed E-state index contributed by atoms with van der Waals surface area (Å²) in [5, 5.41) is 3.70. The number of nitrogens with one attached hydrogen (secondary N) is 1. The third-order valence-corrected chi connectivity index (χ3v) is 6.48. The highest BCUT2D eigenvalue weighted by molar-refractivity contribution is 7.15. The number of fused-ring (bicyclic) bond motifs is 1. The molecule has 0 bridgehead atoms. The van der Waals surface area contributed by atoms with Crippen LogP contribution in [0.3, 0.4) is 0 Å². The lowest BCUT2D eigenvalue weighted by molar-refractivity contribution is -0.122. The Morgan fingerprint density at radius 1 is 1.23 bits per heavy atom. The molecule has 2 aliphatic rings. The number of benzene rings is 1. The second-order valence-electron chi connectivity index (χ2n) is 7.51. The molecule has 4 rings (SSSR count). The molecule has 1 amide bonds. The van der Waals surface area contributed by atoms with Gasteiger partial charge in [0.15, 0.2) is 5.13 Å². The predicted octanol–water partition coefficient (Wildman–Crippen LogP) is 3.30. The van der Waals surface area contributed by atoms with Gasteiger partial charge in [0.1, 0.15) is 0 Å². The van der Waals surface area contributed by atoms with E-state index in [1.807, 2.05) is 6.07 Å². The lowest BCUT2D eigenvalue weighted by Crippen LogP contribution is -2.52. The first-order valence-electron chi connectivity index (χ1n) is 9.48. The van der Waals surface area contributed by atoms with Gasteiger partial charge in [0.2, 0.25) is 5.91 Å². The average Bonchev–Trinajstić information content (AvgIpc) is 3.05. The highest BCUT2D eigenvalue weighted by Gasteiger charge is 2.36. The van der Waals surface area contributed by atoms with E-state index in [1.54, 1.807) is 11.3 Å². The minimum absolute atomic E-state index is 0.0653. The lowest BCUT2D eigenvalue weighted by Gasteiger charge is -2.31. The van der Waals surface area contributed by atoms with Crippen molar-refractivity contribution >= 4 is 22.4 Å². The number of nitrogens with two attached hydrogens (primary N) is 1. The van der Waals surface area contributed by atoms with Crippen LogP contribution in [0.15, 0.2) is 30.3 Å². The van der Waals surface area contributed by atoms with E-state index in [1.165, 1.54) is 16.9 Å². The maximum Gasteiger partial charge on any atom is 0.246 e. The molecule has 0 atom stereocenters. The van der Waals surface area contributed by atoms with Gasteiger partial charge in [-0.1, -0.05) is 49.6 Å². The van der Waals surface area contributed by atoms with Gasteiger partial charge in [-0.05, 0) is 18.4 Å². The van der Waals surface area contributed by atoms with Crippen molar-refractivity contribution in [3.63, 3.8) is 0 Å². The maximum absolute atomic E-state index is 12.6. The van der Waals surface area contributed by atoms with Crippen molar-refractivity contribution in [3.05, 3.63) is 46.5 Å². The highest BCUT2D eigenvalue weighted by atomic mass is 32.1. The molecule has 1 fully saturated rings. The van der Waals surface area contributed by atoms with Crippen LogP contribution in [0.1, 0.15) is 48.2 Å². The average molecular weight is 371 g/mol. The van der Waals surface area contributed by atoms with Crippen LogP contribution >= 0.6 is 11.3 Å². The van der Waals surface area contributed by atoms with Gasteiger partial charge in [0.25, 0.3) is 0 Å². The molecule has 3 N–H and O–H groups in total. The van der Waals surface area contributed by atoms with Crippen molar-refractivity contribution < 1.29 is 4.79 Å². The molecule has 5 nitrogen and oxygen atoms in total. The van der Waals surface area contributed by atoms with E-state index < -0.39 is 5.54 Å². The number of rotatable bonds is 4. The monoisotopic (exact) mass is 370 g/mol. The lowest BCUT2D eigenvalue weighted by atomic mass is 9.82. The van der Waals surface area contributed by atoms with E-state index in [0.29, 0.717) is 5.13 Å². The zero-order valence-corrected chi connectivity index (χ0v) is 15.9. The van der Waals surface area contributed by atoms with Crippen molar-refractivity contribution in [2.75, 3.05) is 11.9 Å². The summed E-state index contributed by atoms with van der Waals surface area (Å²) < 4.78 is 0. The highest BCUT2D eigenvalue weighted by Crippen LogP contribution is 2.31. The summed E-state index contributed by atoms with van der Waals surface area (Å²) in [5.41, 5.74) is 8.08. The van der Waals surface area contributed by atoms with Gasteiger partial charge in [0, 0.05) is 30.9 Å². The summed E-state index contributed by atoms with van der Waals surface area (Å²) in [6.45, 7) is 2.84. The Hall–Kier alpha value is -1.76. The van der Waals surface area contributed by atoms with E-state index in [2.05, 4.69) is 39.5 Å². The van der Waals surface area contributed by atoms with Crippen LogP contribution in [0.25, 0.3) is 0 Å². The van der Waals surface area contributed by atoms with Crippen molar-refractivity contribution in [2.24, 2.45) is 5.73 Å². The van der Waals surface area contributed by atoms with Crippen molar-refractivity contribution in [1.82, 2.24) is 9.88 Å². The summed E-state index contributed by atoms with van der Waals surface area (Å²) in [7, 11) is 0. The predicted molar refractivity (Wildman–Crippen MR) is 105 cm³/mol. The molecule has 1 aromatic heterocycles. The third-order valence-electron chi connectivity index (χ3n) is 5.48. The number of carbonyl (C=O) groups excluding carboxylic acids is 1. The van der Waals surface area contributed by atoms with Crippen LogP contribution in [0.5, 0.6) is 0 Å². The minimum atomic E-state index is -0.718. The number of anilines is 1. The van der Waals surface area contributed by atoms with Gasteiger partial charge in [-0.3, -0.25) is 9.69 Å². The molecule has 0 spiro atoms. The van der Waals surface area contributed by atoms with Gasteiger partial charge in [-0.15, -0.1) is 11.3 Å². The molecule has 0 unspecified atom stereocenters. The smallest absolute Gasteiger partial charge is 0.246 e. The standard InChI is InChI=1S/C20H26N4OS/c21-20(10-5-2-6-11-20)18(25)23-19-22-16-9-12-24(14-17(16)26-19)13-15-7-3-1-4-8-15/h1,3-4,7-8H,2,5-6,9-14,21H2,(H,22,23,25). The van der Waals surface area contributed by atoms with Crippen LogP contribution in [-0.2, 0) is 24.3 Å². The molecule has 2 aromatic rings. The molecular formula is C20H26N4OS. The SMILES string of the molecule is NC1(C(=O)Nc2nc3c(s2)CN(Cc2ccccc2)CC3)CCCCC1. The molecule has 1 aliphatic carbocycles. The largest absolute Gasteiger partial charge is 0.317 e. The fourth-order valence-corrected chi connectivity index (χ4v) is 4.96. The Labute approximate surface area is 158 Å². The second kappa shape index (κ2) is 7.47. The van der Waals surface area contributed by atoms with Crippen molar-refractivity contribution in [3.8, 4) is 0 Å². The number of carbonyl (C=O) groups is 1. The maximum atomic E-state index is 12.6. The Morgan fingerprint density at radius 2 is 2.00 bits per heavy atom. The first-order chi connectivity index (χ1) is 12.6. The van der Waals surface area contributed by atoms with E-state index in [-0.39, 0.29) is 5.91 Å². The van der Waals surface area contributed by atoms with E-state index in [9.17, 15) is 4.79 Å². The molecule has 6 heteroatoms. The normalized spacial score (nSPS) is 19.7. The number of nitrogens with zero attached hydrogens (tertiary/aromatic N) is 2. The molecule has 0 radical (unpaired) electrons. The van der Waals surface area contributed by atoms with Crippen LogP contribution in [0, 0.1) is 0 Å². The number of thiazole rings is 1.